The summed E-state index contributed by atoms with van der Waals surface area (Å²) in [5.41, 5.74) is 2.40. The molecule has 2 aliphatic rings. The molecule has 1 aromatic heterocycles. The first kappa shape index (κ1) is 22.4. The fourth-order valence-corrected chi connectivity index (χ4v) is 4.95. The van der Waals surface area contributed by atoms with E-state index in [4.69, 9.17) is 9.26 Å². The molecule has 2 saturated carbocycles. The van der Waals surface area contributed by atoms with Crippen LogP contribution in [0.5, 0.6) is 5.75 Å². The quantitative estimate of drug-likeness (QED) is 0.676. The molecule has 0 spiro atoms. The Labute approximate surface area is 188 Å². The van der Waals surface area contributed by atoms with Gasteiger partial charge < -0.3 is 19.3 Å². The number of carboxylic acids is 1. The van der Waals surface area contributed by atoms with Gasteiger partial charge in [0.2, 0.25) is 5.91 Å². The lowest BCUT2D eigenvalue weighted by Gasteiger charge is -2.27. The Morgan fingerprint density at radius 1 is 1.12 bits per heavy atom. The van der Waals surface area contributed by atoms with Gasteiger partial charge in [-0.05, 0) is 69.7 Å². The second kappa shape index (κ2) is 9.76. The summed E-state index contributed by atoms with van der Waals surface area (Å²) < 4.78 is 11.6. The summed E-state index contributed by atoms with van der Waals surface area (Å²) in [7, 11) is 1.90. The second-order valence-corrected chi connectivity index (χ2v) is 9.16. The molecule has 0 radical (unpaired) electrons. The molecule has 0 saturated heterocycles. The van der Waals surface area contributed by atoms with Crippen LogP contribution in [-0.2, 0) is 16.0 Å². The summed E-state index contributed by atoms with van der Waals surface area (Å²) in [5.74, 6) is 0.350. The molecule has 0 aliphatic heterocycles. The number of aromatic nitrogens is 1. The molecule has 7 nitrogen and oxygen atoms in total. The number of rotatable bonds is 7. The van der Waals surface area contributed by atoms with Crippen LogP contribution in [0.1, 0.15) is 62.6 Å². The van der Waals surface area contributed by atoms with Crippen LogP contribution < -0.4 is 4.74 Å². The molecular formula is C25H32N2O5. The van der Waals surface area contributed by atoms with Gasteiger partial charge in [-0.15, -0.1) is 0 Å². The smallest absolute Gasteiger partial charge is 0.306 e. The van der Waals surface area contributed by atoms with Crippen molar-refractivity contribution in [1.82, 2.24) is 10.1 Å². The topological polar surface area (TPSA) is 92.9 Å². The lowest BCUT2D eigenvalue weighted by atomic mass is 9.87. The van der Waals surface area contributed by atoms with Crippen molar-refractivity contribution in [3.63, 3.8) is 0 Å². The Morgan fingerprint density at radius 3 is 2.53 bits per heavy atom. The minimum atomic E-state index is -0.741. The monoisotopic (exact) mass is 440 g/mol. The van der Waals surface area contributed by atoms with E-state index >= 15 is 0 Å². The first-order valence-corrected chi connectivity index (χ1v) is 11.6. The van der Waals surface area contributed by atoms with Crippen LogP contribution >= 0.6 is 0 Å². The Kier molecular flexibility index (Phi) is 6.82. The van der Waals surface area contributed by atoms with Gasteiger partial charge in [0.25, 0.3) is 0 Å². The highest BCUT2D eigenvalue weighted by molar-refractivity contribution is 5.81. The third-order valence-electron chi connectivity index (χ3n) is 6.97. The summed E-state index contributed by atoms with van der Waals surface area (Å²) in [4.78, 5) is 26.0. The van der Waals surface area contributed by atoms with Crippen LogP contribution in [0.3, 0.4) is 0 Å². The van der Waals surface area contributed by atoms with E-state index in [-0.39, 0.29) is 24.3 Å². The summed E-state index contributed by atoms with van der Waals surface area (Å²) in [6, 6.07) is 7.88. The highest BCUT2D eigenvalue weighted by atomic mass is 16.5. The normalized spacial score (nSPS) is 21.4. The fraction of sp³-hybridized carbons (Fsp3) is 0.560. The fourth-order valence-electron chi connectivity index (χ4n) is 4.95. The number of benzene rings is 1. The first-order valence-electron chi connectivity index (χ1n) is 11.6. The summed E-state index contributed by atoms with van der Waals surface area (Å²) in [6.45, 7) is 1.87. The molecule has 2 aromatic rings. The van der Waals surface area contributed by atoms with E-state index in [2.05, 4.69) is 5.16 Å². The minimum Gasteiger partial charge on any atom is -0.490 e. The lowest BCUT2D eigenvalue weighted by molar-refractivity contribution is -0.143. The molecule has 7 heteroatoms. The van der Waals surface area contributed by atoms with Gasteiger partial charge in [0.15, 0.2) is 5.76 Å². The largest absolute Gasteiger partial charge is 0.490 e. The van der Waals surface area contributed by atoms with Crippen LogP contribution in [0, 0.1) is 12.8 Å². The van der Waals surface area contributed by atoms with Gasteiger partial charge in [-0.3, -0.25) is 9.59 Å². The van der Waals surface area contributed by atoms with Crippen LogP contribution in [0.2, 0.25) is 0 Å². The van der Waals surface area contributed by atoms with Crippen LogP contribution in [0.15, 0.2) is 28.8 Å². The number of carbonyl (C=O) groups is 2. The first-order chi connectivity index (χ1) is 15.4. The molecule has 172 valence electrons. The average Bonchev–Trinajstić information content (AvgIpc) is 3.45. The number of hydrogen-bond donors (Lipinski definition) is 1. The van der Waals surface area contributed by atoms with Crippen molar-refractivity contribution in [3.05, 3.63) is 35.5 Å². The number of carboxylic acid groups (broad SMARTS) is 1. The van der Waals surface area contributed by atoms with Crippen molar-refractivity contribution in [3.8, 4) is 17.1 Å². The summed E-state index contributed by atoms with van der Waals surface area (Å²) in [5, 5.41) is 13.4. The highest BCUT2D eigenvalue weighted by Crippen LogP contribution is 2.32. The summed E-state index contributed by atoms with van der Waals surface area (Å²) in [6.07, 6.45) is 7.71. The van der Waals surface area contributed by atoms with E-state index in [1.54, 1.807) is 0 Å². The van der Waals surface area contributed by atoms with E-state index in [1.165, 1.54) is 12.8 Å². The average molecular weight is 441 g/mol. The van der Waals surface area contributed by atoms with E-state index in [1.807, 2.05) is 43.1 Å². The van der Waals surface area contributed by atoms with Crippen LogP contribution in [0.25, 0.3) is 11.3 Å². The molecule has 2 atom stereocenters. The maximum Gasteiger partial charge on any atom is 0.306 e. The molecule has 1 amide bonds. The van der Waals surface area contributed by atoms with Gasteiger partial charge in [0, 0.05) is 24.2 Å². The highest BCUT2D eigenvalue weighted by Gasteiger charge is 2.28. The lowest BCUT2D eigenvalue weighted by Crippen LogP contribution is -2.36. The van der Waals surface area contributed by atoms with Gasteiger partial charge in [0.05, 0.1) is 24.1 Å². The van der Waals surface area contributed by atoms with Crippen molar-refractivity contribution in [2.75, 3.05) is 7.05 Å². The van der Waals surface area contributed by atoms with Crippen molar-refractivity contribution in [2.45, 2.75) is 76.9 Å². The molecule has 2 fully saturated rings. The van der Waals surface area contributed by atoms with Crippen molar-refractivity contribution >= 4 is 11.9 Å². The van der Waals surface area contributed by atoms with E-state index in [0.29, 0.717) is 24.0 Å². The Bertz CT molecular complexity index is 946. The zero-order valence-electron chi connectivity index (χ0n) is 18.9. The van der Waals surface area contributed by atoms with Crippen molar-refractivity contribution < 1.29 is 24.0 Å². The number of ether oxygens (including phenoxy) is 1. The molecule has 1 aromatic carbocycles. The molecule has 32 heavy (non-hydrogen) atoms. The maximum atomic E-state index is 12.9. The van der Waals surface area contributed by atoms with Crippen molar-refractivity contribution in [2.24, 2.45) is 5.92 Å². The molecule has 2 aliphatic carbocycles. The molecule has 0 unspecified atom stereocenters. The number of carbonyl (C=O) groups excluding carboxylic acids is 1. The zero-order valence-corrected chi connectivity index (χ0v) is 18.9. The van der Waals surface area contributed by atoms with Crippen LogP contribution in [-0.4, -0.2) is 46.2 Å². The van der Waals surface area contributed by atoms with Gasteiger partial charge in [-0.2, -0.15) is 0 Å². The Balaban J connectivity index is 1.43. The second-order valence-electron chi connectivity index (χ2n) is 9.16. The number of aryl methyl sites for hydroxylation is 1. The van der Waals surface area contributed by atoms with E-state index in [9.17, 15) is 14.7 Å². The van der Waals surface area contributed by atoms with Crippen molar-refractivity contribution in [1.29, 1.82) is 0 Å². The molecule has 1 heterocycles. The molecule has 4 rings (SSSR count). The van der Waals surface area contributed by atoms with Gasteiger partial charge in [-0.25, -0.2) is 0 Å². The van der Waals surface area contributed by atoms with Crippen LogP contribution in [0.4, 0.5) is 0 Å². The Morgan fingerprint density at radius 2 is 1.84 bits per heavy atom. The zero-order chi connectivity index (χ0) is 22.7. The predicted octanol–water partition coefficient (Wildman–Crippen LogP) is 4.62. The number of amides is 1. The molecule has 0 bridgehead atoms. The van der Waals surface area contributed by atoms with Gasteiger partial charge in [-0.1, -0.05) is 18.0 Å². The number of likely N-dealkylation sites (N-methyl/N-ethyl adjacent to an activating group) is 1. The maximum absolute atomic E-state index is 12.9. The SMILES string of the molecule is Cc1noc(-c2ccc(O[C@H]3CCC[C@H](C(=O)O)C3)cc2)c1CC(=O)N(C)C1CCCC1. The van der Waals surface area contributed by atoms with Gasteiger partial charge in [0.1, 0.15) is 5.75 Å². The third-order valence-corrected chi connectivity index (χ3v) is 6.97. The van der Waals surface area contributed by atoms with Gasteiger partial charge >= 0.3 is 5.97 Å². The minimum absolute atomic E-state index is 0.0810. The third kappa shape index (κ3) is 4.97. The number of nitrogens with zero attached hydrogens (tertiary/aromatic N) is 2. The number of hydrogen-bond acceptors (Lipinski definition) is 5. The molecule has 1 N–H and O–H groups in total. The standard InChI is InChI=1S/C25H32N2O5/c1-16-22(15-23(28)27(2)19-7-3-4-8-19)24(32-26-16)17-10-12-20(13-11-17)31-21-9-5-6-18(14-21)25(29)30/h10-13,18-19,21H,3-9,14-15H2,1-2H3,(H,29,30)/t18-,21-/m0/s1. The summed E-state index contributed by atoms with van der Waals surface area (Å²) >= 11 is 0. The van der Waals surface area contributed by atoms with E-state index < -0.39 is 5.97 Å². The Hall–Kier alpha value is -2.83. The predicted molar refractivity (Wildman–Crippen MR) is 119 cm³/mol. The number of aliphatic carboxylic acids is 1. The van der Waals surface area contributed by atoms with E-state index in [0.717, 1.165) is 48.9 Å². The molecular weight excluding hydrogens is 408 g/mol.